The minimum absolute atomic E-state index is 0.0815. The lowest BCUT2D eigenvalue weighted by Crippen LogP contribution is -2.25. The van der Waals surface area contributed by atoms with Crippen molar-refractivity contribution >= 4 is 5.82 Å². The number of aromatic nitrogens is 2. The van der Waals surface area contributed by atoms with E-state index in [1.807, 2.05) is 13.8 Å². The molecule has 0 fully saturated rings. The molecule has 1 heterocycles. The van der Waals surface area contributed by atoms with Gasteiger partial charge in [-0.1, -0.05) is 0 Å². The first-order chi connectivity index (χ1) is 7.66. The second kappa shape index (κ2) is 5.96. The van der Waals surface area contributed by atoms with Gasteiger partial charge < -0.3 is 9.88 Å². The van der Waals surface area contributed by atoms with Gasteiger partial charge in [-0.2, -0.15) is 0 Å². The molecule has 0 bridgehead atoms. The van der Waals surface area contributed by atoms with Gasteiger partial charge in [-0.3, -0.25) is 4.79 Å². The van der Waals surface area contributed by atoms with Crippen molar-refractivity contribution in [2.24, 2.45) is 0 Å². The van der Waals surface area contributed by atoms with Crippen LogP contribution in [0.1, 0.15) is 33.2 Å². The third kappa shape index (κ3) is 3.13. The molecule has 4 heteroatoms. The van der Waals surface area contributed by atoms with Crippen molar-refractivity contribution < 1.29 is 0 Å². The van der Waals surface area contributed by atoms with E-state index in [-0.39, 0.29) is 11.6 Å². The summed E-state index contributed by atoms with van der Waals surface area (Å²) >= 11 is 0. The van der Waals surface area contributed by atoms with E-state index in [1.54, 1.807) is 23.9 Å². The highest BCUT2D eigenvalue weighted by Crippen LogP contribution is 2.01. The zero-order chi connectivity index (χ0) is 12.0. The van der Waals surface area contributed by atoms with Crippen LogP contribution in [0.2, 0.25) is 0 Å². The van der Waals surface area contributed by atoms with E-state index in [1.165, 1.54) is 0 Å². The van der Waals surface area contributed by atoms with E-state index < -0.39 is 0 Å². The quantitative estimate of drug-likeness (QED) is 0.618. The summed E-state index contributed by atoms with van der Waals surface area (Å²) in [5.41, 5.74) is -0.0815. The van der Waals surface area contributed by atoms with Gasteiger partial charge in [0.1, 0.15) is 0 Å². The van der Waals surface area contributed by atoms with Gasteiger partial charge in [0.2, 0.25) is 0 Å². The Morgan fingerprint density at radius 3 is 2.94 bits per heavy atom. The highest BCUT2D eigenvalue weighted by molar-refractivity contribution is 5.31. The third-order valence-electron chi connectivity index (χ3n) is 2.14. The van der Waals surface area contributed by atoms with Crippen molar-refractivity contribution in [2.45, 2.75) is 33.2 Å². The summed E-state index contributed by atoms with van der Waals surface area (Å²) in [4.78, 5) is 15.9. The largest absolute Gasteiger partial charge is 0.365 e. The number of hydrogen-bond acceptors (Lipinski definition) is 3. The Labute approximate surface area is 95.7 Å². The fraction of sp³-hybridized carbons (Fsp3) is 0.500. The molecule has 1 aromatic rings. The van der Waals surface area contributed by atoms with Crippen molar-refractivity contribution in [1.29, 1.82) is 0 Å². The van der Waals surface area contributed by atoms with E-state index in [2.05, 4.69) is 22.1 Å². The molecule has 1 aromatic heterocycles. The predicted molar refractivity (Wildman–Crippen MR) is 65.4 cm³/mol. The Morgan fingerprint density at radius 1 is 1.56 bits per heavy atom. The fourth-order valence-corrected chi connectivity index (χ4v) is 1.32. The van der Waals surface area contributed by atoms with Crippen molar-refractivity contribution in [3.05, 3.63) is 22.7 Å². The van der Waals surface area contributed by atoms with Gasteiger partial charge in [0.25, 0.3) is 5.56 Å². The minimum Gasteiger partial charge on any atom is -0.365 e. The zero-order valence-electron chi connectivity index (χ0n) is 9.95. The van der Waals surface area contributed by atoms with Crippen LogP contribution >= 0.6 is 0 Å². The summed E-state index contributed by atoms with van der Waals surface area (Å²) in [6, 6.07) is 0.145. The molecule has 86 valence electrons. The summed E-state index contributed by atoms with van der Waals surface area (Å²) in [6.07, 6.45) is 4.05. The molecule has 4 nitrogen and oxygen atoms in total. The summed E-state index contributed by atoms with van der Waals surface area (Å²) in [7, 11) is 0. The van der Waals surface area contributed by atoms with E-state index in [0.717, 1.165) is 0 Å². The molecule has 1 rings (SSSR count). The molecule has 0 saturated carbocycles. The standard InChI is InChI=1S/C12H17N3O/c1-4-5-6-7-13-11-12(16)15(10(2)3)9-8-14-11/h8-10H,6-7H2,1-3H3,(H,13,14). The molecular weight excluding hydrogens is 202 g/mol. The second-order valence-electron chi connectivity index (χ2n) is 3.69. The maximum atomic E-state index is 11.9. The number of anilines is 1. The molecule has 0 unspecified atom stereocenters. The van der Waals surface area contributed by atoms with Crippen LogP contribution in [-0.2, 0) is 0 Å². The summed E-state index contributed by atoms with van der Waals surface area (Å²) in [6.45, 7) is 6.37. The number of hydrogen-bond donors (Lipinski definition) is 1. The van der Waals surface area contributed by atoms with Crippen LogP contribution in [-0.4, -0.2) is 16.1 Å². The highest BCUT2D eigenvalue weighted by atomic mass is 16.1. The first-order valence-electron chi connectivity index (χ1n) is 5.37. The lowest BCUT2D eigenvalue weighted by atomic mass is 10.4. The lowest BCUT2D eigenvalue weighted by molar-refractivity contribution is 0.575. The summed E-state index contributed by atoms with van der Waals surface area (Å²) in [5.74, 6) is 6.13. The third-order valence-corrected chi connectivity index (χ3v) is 2.14. The molecular formula is C12H17N3O. The Kier molecular flexibility index (Phi) is 4.59. The molecule has 0 amide bonds. The molecule has 0 radical (unpaired) electrons. The normalized spacial score (nSPS) is 9.75. The van der Waals surface area contributed by atoms with Crippen molar-refractivity contribution in [1.82, 2.24) is 9.55 Å². The average Bonchev–Trinajstić information content (AvgIpc) is 2.26. The molecule has 0 aliphatic heterocycles. The Balaban J connectivity index is 2.76. The van der Waals surface area contributed by atoms with Crippen LogP contribution in [0.25, 0.3) is 0 Å². The Morgan fingerprint density at radius 2 is 2.31 bits per heavy atom. The smallest absolute Gasteiger partial charge is 0.293 e. The molecule has 0 spiro atoms. The highest BCUT2D eigenvalue weighted by Gasteiger charge is 2.05. The number of nitrogens with zero attached hydrogens (tertiary/aromatic N) is 2. The molecule has 0 aliphatic rings. The maximum Gasteiger partial charge on any atom is 0.293 e. The van der Waals surface area contributed by atoms with Gasteiger partial charge in [0.05, 0.1) is 0 Å². The fourth-order valence-electron chi connectivity index (χ4n) is 1.32. The lowest BCUT2D eigenvalue weighted by Gasteiger charge is -2.10. The van der Waals surface area contributed by atoms with Crippen LogP contribution in [0.5, 0.6) is 0 Å². The molecule has 0 aliphatic carbocycles. The van der Waals surface area contributed by atoms with E-state index >= 15 is 0 Å². The summed E-state index contributed by atoms with van der Waals surface area (Å²) < 4.78 is 1.65. The van der Waals surface area contributed by atoms with Crippen LogP contribution in [0.15, 0.2) is 17.2 Å². The van der Waals surface area contributed by atoms with Crippen molar-refractivity contribution in [3.8, 4) is 11.8 Å². The van der Waals surface area contributed by atoms with Crippen molar-refractivity contribution in [3.63, 3.8) is 0 Å². The average molecular weight is 219 g/mol. The van der Waals surface area contributed by atoms with Crippen LogP contribution in [0.3, 0.4) is 0 Å². The zero-order valence-corrected chi connectivity index (χ0v) is 9.95. The van der Waals surface area contributed by atoms with Gasteiger partial charge in [-0.05, 0) is 20.8 Å². The van der Waals surface area contributed by atoms with E-state index in [9.17, 15) is 4.79 Å². The minimum atomic E-state index is -0.0815. The Hall–Kier alpha value is -1.76. The maximum absolute atomic E-state index is 11.9. The predicted octanol–water partition coefficient (Wildman–Crippen LogP) is 1.65. The van der Waals surface area contributed by atoms with Gasteiger partial charge in [0.15, 0.2) is 5.82 Å². The monoisotopic (exact) mass is 219 g/mol. The van der Waals surface area contributed by atoms with Gasteiger partial charge in [-0.25, -0.2) is 4.98 Å². The van der Waals surface area contributed by atoms with E-state index in [4.69, 9.17) is 0 Å². The SMILES string of the molecule is CC#CCCNc1nccn(C(C)C)c1=O. The molecule has 16 heavy (non-hydrogen) atoms. The first-order valence-corrected chi connectivity index (χ1v) is 5.37. The second-order valence-corrected chi connectivity index (χ2v) is 3.69. The summed E-state index contributed by atoms with van der Waals surface area (Å²) in [5, 5.41) is 3.00. The molecule has 0 saturated heterocycles. The number of rotatable bonds is 4. The van der Waals surface area contributed by atoms with Crippen molar-refractivity contribution in [2.75, 3.05) is 11.9 Å². The van der Waals surface area contributed by atoms with Crippen LogP contribution < -0.4 is 10.9 Å². The Bertz CT molecular complexity index is 451. The molecule has 1 N–H and O–H groups in total. The topological polar surface area (TPSA) is 46.9 Å². The van der Waals surface area contributed by atoms with E-state index in [0.29, 0.717) is 18.8 Å². The molecule has 0 atom stereocenters. The number of nitrogens with one attached hydrogen (secondary N) is 1. The van der Waals surface area contributed by atoms with Gasteiger partial charge in [-0.15, -0.1) is 11.8 Å². The van der Waals surface area contributed by atoms with Crippen LogP contribution in [0, 0.1) is 11.8 Å². The van der Waals surface area contributed by atoms with Crippen LogP contribution in [0.4, 0.5) is 5.82 Å². The molecule has 0 aromatic carbocycles. The van der Waals surface area contributed by atoms with Gasteiger partial charge in [0, 0.05) is 31.4 Å². The van der Waals surface area contributed by atoms with Gasteiger partial charge >= 0.3 is 0 Å². The first kappa shape index (κ1) is 12.3.